The lowest BCUT2D eigenvalue weighted by Crippen LogP contribution is -2.30. The van der Waals surface area contributed by atoms with Gasteiger partial charge in [-0.2, -0.15) is 0 Å². The second-order valence-corrected chi connectivity index (χ2v) is 32.6. The maximum atomic E-state index is 13.1. The van der Waals surface area contributed by atoms with E-state index in [0.29, 0.717) is 31.6 Å². The molecule has 17 nitrogen and oxygen atoms in total. The van der Waals surface area contributed by atoms with Gasteiger partial charge in [0, 0.05) is 25.7 Å². The Morgan fingerprint density at radius 1 is 0.296 bits per heavy atom. The van der Waals surface area contributed by atoms with Crippen molar-refractivity contribution in [1.29, 1.82) is 0 Å². The van der Waals surface area contributed by atoms with E-state index in [9.17, 15) is 43.2 Å². The average Bonchev–Trinajstić information content (AvgIpc) is 0.934. The normalized spacial score (nSPS) is 14.3. The lowest BCUT2D eigenvalue weighted by Gasteiger charge is -2.21. The highest BCUT2D eigenvalue weighted by atomic mass is 31.2. The Morgan fingerprint density at radius 3 is 0.776 bits per heavy atom. The molecule has 98 heavy (non-hydrogen) atoms. The number of aliphatic hydroxyl groups is 1. The van der Waals surface area contributed by atoms with Crippen LogP contribution in [0.1, 0.15) is 408 Å². The van der Waals surface area contributed by atoms with Crippen LogP contribution in [0.2, 0.25) is 0 Å². The number of hydrogen-bond acceptors (Lipinski definition) is 15. The SMILES string of the molecule is CCCCCCCCCCCCCCCCCCCCC(=O)OC[C@H](COP(=O)(O)OC[C@@H](O)COP(=O)(O)OC[C@@H](COC(=O)CCCCCCCCC(C)C)OC(=O)CCCCCCCCC(C)CC)OC(=O)CCCCCCCCCCCCCCCCCCCCC(C)C. The quantitative estimate of drug-likeness (QED) is 0.0222. The van der Waals surface area contributed by atoms with Crippen LogP contribution in [0.5, 0.6) is 0 Å². The van der Waals surface area contributed by atoms with Crippen LogP contribution in [0.15, 0.2) is 0 Å². The number of phosphoric ester groups is 2. The Kier molecular flexibility index (Phi) is 68.1. The molecule has 3 unspecified atom stereocenters. The van der Waals surface area contributed by atoms with Gasteiger partial charge in [-0.15, -0.1) is 0 Å². The lowest BCUT2D eigenvalue weighted by molar-refractivity contribution is -0.161. The number of carbonyl (C=O) groups is 4. The molecule has 0 aliphatic carbocycles. The molecular formula is C79H154O17P2. The summed E-state index contributed by atoms with van der Waals surface area (Å²) < 4.78 is 68.5. The number of unbranched alkanes of at least 4 members (excludes halogenated alkanes) is 44. The molecule has 6 atom stereocenters. The van der Waals surface area contributed by atoms with Crippen molar-refractivity contribution in [3.63, 3.8) is 0 Å². The summed E-state index contributed by atoms with van der Waals surface area (Å²) in [5.74, 6) is 0.0997. The van der Waals surface area contributed by atoms with E-state index in [-0.39, 0.29) is 25.7 Å². The molecular weight excluding hydrogens is 1280 g/mol. The first-order valence-electron chi connectivity index (χ1n) is 40.9. The number of phosphoric acid groups is 2. The fourth-order valence-corrected chi connectivity index (χ4v) is 13.7. The fourth-order valence-electron chi connectivity index (χ4n) is 12.1. The third-order valence-corrected chi connectivity index (χ3v) is 20.6. The van der Waals surface area contributed by atoms with Gasteiger partial charge < -0.3 is 33.8 Å². The van der Waals surface area contributed by atoms with Crippen LogP contribution < -0.4 is 0 Å². The van der Waals surface area contributed by atoms with Crippen LogP contribution in [-0.4, -0.2) is 96.7 Å². The van der Waals surface area contributed by atoms with E-state index in [0.717, 1.165) is 108 Å². The first kappa shape index (κ1) is 96.1. The number of ether oxygens (including phenoxy) is 4. The van der Waals surface area contributed by atoms with Gasteiger partial charge in [-0.1, -0.05) is 357 Å². The molecule has 0 rings (SSSR count). The molecule has 0 bridgehead atoms. The summed E-state index contributed by atoms with van der Waals surface area (Å²) >= 11 is 0. The van der Waals surface area contributed by atoms with Crippen molar-refractivity contribution in [2.75, 3.05) is 39.6 Å². The van der Waals surface area contributed by atoms with E-state index in [1.54, 1.807) is 0 Å². The Morgan fingerprint density at radius 2 is 0.520 bits per heavy atom. The number of aliphatic hydroxyl groups excluding tert-OH is 1. The van der Waals surface area contributed by atoms with Gasteiger partial charge in [-0.05, 0) is 43.4 Å². The molecule has 582 valence electrons. The van der Waals surface area contributed by atoms with Crippen molar-refractivity contribution in [3.8, 4) is 0 Å². The molecule has 0 radical (unpaired) electrons. The molecule has 0 aromatic carbocycles. The Bertz CT molecular complexity index is 1910. The molecule has 0 saturated heterocycles. The second kappa shape index (κ2) is 69.4. The van der Waals surface area contributed by atoms with Crippen molar-refractivity contribution in [2.24, 2.45) is 17.8 Å². The molecule has 0 saturated carbocycles. The van der Waals surface area contributed by atoms with Crippen molar-refractivity contribution < 1.29 is 80.2 Å². The highest BCUT2D eigenvalue weighted by Crippen LogP contribution is 2.45. The van der Waals surface area contributed by atoms with Crippen LogP contribution in [-0.2, 0) is 65.4 Å². The summed E-state index contributed by atoms with van der Waals surface area (Å²) in [5.41, 5.74) is 0. The minimum absolute atomic E-state index is 0.102. The van der Waals surface area contributed by atoms with E-state index in [4.69, 9.17) is 37.0 Å². The van der Waals surface area contributed by atoms with Crippen molar-refractivity contribution in [1.82, 2.24) is 0 Å². The van der Waals surface area contributed by atoms with Gasteiger partial charge in [0.05, 0.1) is 26.4 Å². The highest BCUT2D eigenvalue weighted by molar-refractivity contribution is 7.47. The van der Waals surface area contributed by atoms with Gasteiger partial charge in [-0.25, -0.2) is 9.13 Å². The van der Waals surface area contributed by atoms with E-state index in [2.05, 4.69) is 48.5 Å². The maximum absolute atomic E-state index is 13.1. The van der Waals surface area contributed by atoms with Crippen molar-refractivity contribution in [2.45, 2.75) is 426 Å². The topological polar surface area (TPSA) is 237 Å². The minimum Gasteiger partial charge on any atom is -0.462 e. The third-order valence-electron chi connectivity index (χ3n) is 18.7. The zero-order valence-corrected chi connectivity index (χ0v) is 66.0. The van der Waals surface area contributed by atoms with Crippen LogP contribution in [0, 0.1) is 17.8 Å². The van der Waals surface area contributed by atoms with Crippen LogP contribution in [0.25, 0.3) is 0 Å². The maximum Gasteiger partial charge on any atom is 0.472 e. The summed E-state index contributed by atoms with van der Waals surface area (Å²) in [7, 11) is -9.91. The summed E-state index contributed by atoms with van der Waals surface area (Å²) in [6.07, 6.45) is 57.3. The zero-order chi connectivity index (χ0) is 72.3. The van der Waals surface area contributed by atoms with E-state index in [1.807, 2.05) is 0 Å². The molecule has 0 heterocycles. The minimum atomic E-state index is -4.96. The molecule has 0 fully saturated rings. The third kappa shape index (κ3) is 71.1. The average molecular weight is 1440 g/mol. The van der Waals surface area contributed by atoms with E-state index >= 15 is 0 Å². The lowest BCUT2D eigenvalue weighted by atomic mass is 10.00. The van der Waals surface area contributed by atoms with Crippen LogP contribution in [0.4, 0.5) is 0 Å². The number of carbonyl (C=O) groups excluding carboxylic acids is 4. The van der Waals surface area contributed by atoms with Gasteiger partial charge in [0.25, 0.3) is 0 Å². The predicted molar refractivity (Wildman–Crippen MR) is 400 cm³/mol. The molecule has 0 aromatic rings. The van der Waals surface area contributed by atoms with Crippen LogP contribution in [0.3, 0.4) is 0 Å². The molecule has 0 aliphatic heterocycles. The first-order chi connectivity index (χ1) is 47.3. The summed E-state index contributed by atoms with van der Waals surface area (Å²) in [6, 6.07) is 0. The van der Waals surface area contributed by atoms with Gasteiger partial charge >= 0.3 is 39.5 Å². The Labute approximate surface area is 600 Å². The molecule has 3 N–H and O–H groups in total. The summed E-state index contributed by atoms with van der Waals surface area (Å²) in [5, 5.41) is 10.6. The number of hydrogen-bond donors (Lipinski definition) is 3. The highest BCUT2D eigenvalue weighted by Gasteiger charge is 2.30. The standard InChI is InChI=1S/C79H154O17P2/c1-8-10-11-12-13-14-15-16-17-18-22-25-28-31-34-37-46-53-60-76(81)89-66-74(95-78(83)62-55-48-38-35-32-29-26-23-20-19-21-24-27-30-33-36-43-50-57-70(3)4)68-93-97(85,86)91-64-73(80)65-92-98(87,88)94-69-75(67-90-77(82)61-54-47-41-39-44-51-58-71(5)6)96-79(84)63-56-49-42-40-45-52-59-72(7)9-2/h70-75,80H,8-69H2,1-7H3,(H,85,86)(H,87,88)/t72?,73-,74-,75-/m1/s1. The Hall–Kier alpha value is -1.94. The van der Waals surface area contributed by atoms with Gasteiger partial charge in [-0.3, -0.25) is 37.3 Å². The molecule has 0 aliphatic rings. The molecule has 19 heteroatoms. The van der Waals surface area contributed by atoms with Gasteiger partial charge in [0.15, 0.2) is 12.2 Å². The first-order valence-corrected chi connectivity index (χ1v) is 43.9. The molecule has 0 spiro atoms. The largest absolute Gasteiger partial charge is 0.472 e. The summed E-state index contributed by atoms with van der Waals surface area (Å²) in [4.78, 5) is 72.8. The smallest absolute Gasteiger partial charge is 0.462 e. The van der Waals surface area contributed by atoms with Crippen molar-refractivity contribution >= 4 is 39.5 Å². The molecule has 0 amide bonds. The Balaban J connectivity index is 5.19. The van der Waals surface area contributed by atoms with Gasteiger partial charge in [0.2, 0.25) is 0 Å². The number of esters is 4. The number of rotatable bonds is 77. The summed E-state index contributed by atoms with van der Waals surface area (Å²) in [6.45, 7) is 11.8. The van der Waals surface area contributed by atoms with E-state index in [1.165, 1.54) is 212 Å². The van der Waals surface area contributed by atoms with Crippen LogP contribution >= 0.6 is 15.6 Å². The second-order valence-electron chi connectivity index (χ2n) is 29.6. The zero-order valence-electron chi connectivity index (χ0n) is 64.3. The van der Waals surface area contributed by atoms with E-state index < -0.39 is 97.5 Å². The fraction of sp³-hybridized carbons (Fsp3) is 0.949. The molecule has 0 aromatic heterocycles. The predicted octanol–water partition coefficient (Wildman–Crippen LogP) is 23.4. The monoisotopic (exact) mass is 1440 g/mol. The van der Waals surface area contributed by atoms with Gasteiger partial charge in [0.1, 0.15) is 19.3 Å². The van der Waals surface area contributed by atoms with Crippen molar-refractivity contribution in [3.05, 3.63) is 0 Å².